The molecule has 0 unspecified atom stereocenters. The van der Waals surface area contributed by atoms with Gasteiger partial charge in [0.2, 0.25) is 5.89 Å². The normalized spacial score (nSPS) is 10.9. The van der Waals surface area contributed by atoms with Crippen molar-refractivity contribution in [1.29, 1.82) is 0 Å². The van der Waals surface area contributed by atoms with Gasteiger partial charge in [-0.15, -0.1) is 0 Å². The Morgan fingerprint density at radius 2 is 1.72 bits per heavy atom. The molecule has 1 aromatic heterocycles. The first-order chi connectivity index (χ1) is 15.6. The molecule has 7 heteroatoms. The number of fused-ring (bicyclic) bond motifs is 2. The van der Waals surface area contributed by atoms with Crippen LogP contribution in [0.4, 0.5) is 10.1 Å². The Kier molecular flexibility index (Phi) is 5.09. The molecule has 5 aromatic rings. The molecule has 5 rings (SSSR count). The molecule has 0 aliphatic rings. The van der Waals surface area contributed by atoms with Crippen LogP contribution in [-0.4, -0.2) is 16.0 Å². The summed E-state index contributed by atoms with van der Waals surface area (Å²) in [6.07, 6.45) is 0. The van der Waals surface area contributed by atoms with Gasteiger partial charge in [-0.2, -0.15) is 0 Å². The predicted molar refractivity (Wildman–Crippen MR) is 127 cm³/mol. The molecule has 1 amide bonds. The Balaban J connectivity index is 1.33. The van der Waals surface area contributed by atoms with Crippen LogP contribution in [0.3, 0.4) is 0 Å². The van der Waals surface area contributed by atoms with Crippen LogP contribution in [0, 0.1) is 5.82 Å². The van der Waals surface area contributed by atoms with E-state index < -0.39 is 0 Å². The average Bonchev–Trinajstić information content (AvgIpc) is 3.22. The van der Waals surface area contributed by atoms with Crippen LogP contribution >= 0.6 is 12.2 Å². The van der Waals surface area contributed by atoms with Crippen LogP contribution in [0.15, 0.2) is 89.3 Å². The summed E-state index contributed by atoms with van der Waals surface area (Å²) in [5.74, 6) is -0.222. The van der Waals surface area contributed by atoms with E-state index in [1.54, 1.807) is 36.4 Å². The summed E-state index contributed by atoms with van der Waals surface area (Å²) in [5.41, 5.74) is 3.07. The maximum atomic E-state index is 13.2. The quantitative estimate of drug-likeness (QED) is 0.341. The van der Waals surface area contributed by atoms with Gasteiger partial charge in [-0.25, -0.2) is 9.37 Å². The molecule has 0 radical (unpaired) electrons. The lowest BCUT2D eigenvalue weighted by molar-refractivity contribution is 0.0979. The number of amides is 1. The molecule has 1 heterocycles. The second kappa shape index (κ2) is 8.20. The number of carbonyl (C=O) groups excluding carboxylic acids is 1. The van der Waals surface area contributed by atoms with Gasteiger partial charge in [0.1, 0.15) is 11.3 Å². The van der Waals surface area contributed by atoms with Gasteiger partial charge < -0.3 is 9.73 Å². The van der Waals surface area contributed by atoms with E-state index in [-0.39, 0.29) is 16.8 Å². The third-order valence-corrected chi connectivity index (χ3v) is 5.20. The number of rotatable bonds is 3. The topological polar surface area (TPSA) is 67.2 Å². The molecule has 0 aliphatic carbocycles. The van der Waals surface area contributed by atoms with Crippen molar-refractivity contribution in [3.8, 4) is 11.5 Å². The van der Waals surface area contributed by atoms with Gasteiger partial charge in [-0.05, 0) is 71.5 Å². The smallest absolute Gasteiger partial charge is 0.258 e. The maximum Gasteiger partial charge on any atom is 0.258 e. The fraction of sp³-hybridized carbons (Fsp3) is 0. The van der Waals surface area contributed by atoms with Crippen molar-refractivity contribution in [3.63, 3.8) is 0 Å². The van der Waals surface area contributed by atoms with Crippen molar-refractivity contribution < 1.29 is 13.6 Å². The molecule has 0 bridgehead atoms. The number of nitrogens with zero attached hydrogens (tertiary/aromatic N) is 1. The monoisotopic (exact) mass is 441 g/mol. The van der Waals surface area contributed by atoms with E-state index in [0.29, 0.717) is 33.8 Å². The number of aromatic nitrogens is 1. The summed E-state index contributed by atoms with van der Waals surface area (Å²) in [7, 11) is 0. The van der Waals surface area contributed by atoms with Crippen molar-refractivity contribution in [3.05, 3.63) is 96.3 Å². The number of carbonyl (C=O) groups is 1. The summed E-state index contributed by atoms with van der Waals surface area (Å²) in [5, 5.41) is 7.74. The molecular formula is C25H16FN3O2S. The van der Waals surface area contributed by atoms with E-state index in [4.69, 9.17) is 16.6 Å². The van der Waals surface area contributed by atoms with Crippen LogP contribution < -0.4 is 10.6 Å². The van der Waals surface area contributed by atoms with Gasteiger partial charge in [0, 0.05) is 16.8 Å². The molecule has 4 aromatic carbocycles. The Morgan fingerprint density at radius 1 is 0.938 bits per heavy atom. The highest BCUT2D eigenvalue weighted by Gasteiger charge is 2.13. The minimum Gasteiger partial charge on any atom is -0.436 e. The lowest BCUT2D eigenvalue weighted by Gasteiger charge is -2.11. The molecule has 0 aliphatic heterocycles. The van der Waals surface area contributed by atoms with Gasteiger partial charge in [-0.3, -0.25) is 10.1 Å². The molecule has 0 atom stereocenters. The lowest BCUT2D eigenvalue weighted by Crippen LogP contribution is -2.34. The highest BCUT2D eigenvalue weighted by atomic mass is 32.1. The van der Waals surface area contributed by atoms with E-state index in [1.807, 2.05) is 36.4 Å². The molecular weight excluding hydrogens is 425 g/mol. The molecule has 5 nitrogen and oxygen atoms in total. The summed E-state index contributed by atoms with van der Waals surface area (Å²) in [4.78, 5) is 17.2. The number of oxazole rings is 1. The Bertz CT molecular complexity index is 1470. The van der Waals surface area contributed by atoms with Crippen molar-refractivity contribution in [1.82, 2.24) is 10.3 Å². The number of hydrogen-bond donors (Lipinski definition) is 2. The molecule has 2 N–H and O–H groups in total. The zero-order chi connectivity index (χ0) is 22.1. The van der Waals surface area contributed by atoms with Crippen LogP contribution in [0.25, 0.3) is 33.3 Å². The Hall–Kier alpha value is -4.10. The Labute approximate surface area is 187 Å². The molecule has 0 saturated carbocycles. The molecule has 32 heavy (non-hydrogen) atoms. The lowest BCUT2D eigenvalue weighted by atomic mass is 10.0. The van der Waals surface area contributed by atoms with Crippen LogP contribution in [0.1, 0.15) is 10.4 Å². The summed E-state index contributed by atoms with van der Waals surface area (Å²) < 4.78 is 18.9. The van der Waals surface area contributed by atoms with Crippen molar-refractivity contribution >= 4 is 50.8 Å². The van der Waals surface area contributed by atoms with Crippen LogP contribution in [0.5, 0.6) is 0 Å². The summed E-state index contributed by atoms with van der Waals surface area (Å²) in [6, 6.07) is 24.5. The first kappa shape index (κ1) is 19.8. The second-order valence-electron chi connectivity index (χ2n) is 7.14. The Morgan fingerprint density at radius 3 is 2.56 bits per heavy atom. The third-order valence-electron chi connectivity index (χ3n) is 5.00. The molecule has 156 valence electrons. The molecule has 0 saturated heterocycles. The SMILES string of the molecule is O=C(NC(=S)Nc1ccc2oc(-c3ccc(F)cc3)nc2c1)c1cccc2ccccc12. The number of anilines is 1. The van der Waals surface area contributed by atoms with Crippen molar-refractivity contribution in [2.45, 2.75) is 0 Å². The van der Waals surface area contributed by atoms with E-state index in [1.165, 1.54) is 12.1 Å². The molecule has 0 fully saturated rings. The van der Waals surface area contributed by atoms with Gasteiger partial charge in [0.05, 0.1) is 0 Å². The fourth-order valence-electron chi connectivity index (χ4n) is 3.48. The highest BCUT2D eigenvalue weighted by Crippen LogP contribution is 2.26. The van der Waals surface area contributed by atoms with E-state index in [2.05, 4.69) is 15.6 Å². The van der Waals surface area contributed by atoms with Gasteiger partial charge in [0.25, 0.3) is 5.91 Å². The van der Waals surface area contributed by atoms with Gasteiger partial charge in [0.15, 0.2) is 10.7 Å². The highest BCUT2D eigenvalue weighted by molar-refractivity contribution is 7.80. The number of hydrogen-bond acceptors (Lipinski definition) is 4. The van der Waals surface area contributed by atoms with Crippen molar-refractivity contribution in [2.24, 2.45) is 0 Å². The van der Waals surface area contributed by atoms with Crippen LogP contribution in [0.2, 0.25) is 0 Å². The zero-order valence-electron chi connectivity index (χ0n) is 16.6. The third kappa shape index (κ3) is 3.93. The van der Waals surface area contributed by atoms with E-state index in [0.717, 1.165) is 10.8 Å². The number of benzene rings is 4. The second-order valence-corrected chi connectivity index (χ2v) is 7.55. The van der Waals surface area contributed by atoms with Gasteiger partial charge >= 0.3 is 0 Å². The molecule has 0 spiro atoms. The number of nitrogens with one attached hydrogen (secondary N) is 2. The van der Waals surface area contributed by atoms with Crippen LogP contribution in [-0.2, 0) is 0 Å². The number of thiocarbonyl (C=S) groups is 1. The van der Waals surface area contributed by atoms with E-state index in [9.17, 15) is 9.18 Å². The largest absolute Gasteiger partial charge is 0.436 e. The minimum atomic E-state index is -0.324. The predicted octanol–water partition coefficient (Wildman–Crippen LogP) is 5.91. The summed E-state index contributed by atoms with van der Waals surface area (Å²) >= 11 is 5.33. The summed E-state index contributed by atoms with van der Waals surface area (Å²) in [6.45, 7) is 0. The first-order valence-electron chi connectivity index (χ1n) is 9.83. The van der Waals surface area contributed by atoms with Crippen molar-refractivity contribution in [2.75, 3.05) is 5.32 Å². The minimum absolute atomic E-state index is 0.171. The van der Waals surface area contributed by atoms with Gasteiger partial charge in [-0.1, -0.05) is 36.4 Å². The fourth-order valence-corrected chi connectivity index (χ4v) is 3.69. The zero-order valence-corrected chi connectivity index (χ0v) is 17.4. The first-order valence-corrected chi connectivity index (χ1v) is 10.2. The number of halogens is 1. The standard InChI is InChI=1S/C25H16FN3O2S/c26-17-10-8-16(9-11-17)24-28-21-14-18(12-13-22(21)31-24)27-25(32)29-23(30)20-7-3-5-15-4-1-2-6-19(15)20/h1-14H,(H2,27,29,30,32). The average molecular weight is 441 g/mol. The maximum absolute atomic E-state index is 13.2. The van der Waals surface area contributed by atoms with E-state index >= 15 is 0 Å².